The van der Waals surface area contributed by atoms with E-state index in [9.17, 15) is 24.2 Å². The van der Waals surface area contributed by atoms with Gasteiger partial charge in [0.25, 0.3) is 5.91 Å². The number of amides is 1. The Morgan fingerprint density at radius 2 is 1.74 bits per heavy atom. The average molecular weight is 524 g/mol. The minimum Gasteiger partial charge on any atom is -0.481 e. The number of imidazole rings is 1. The van der Waals surface area contributed by atoms with Gasteiger partial charge in [0.05, 0.1) is 30.4 Å². The van der Waals surface area contributed by atoms with Crippen LogP contribution in [0.25, 0.3) is 11.4 Å². The molecule has 1 aliphatic rings. The van der Waals surface area contributed by atoms with Crippen LogP contribution in [0.1, 0.15) is 72.7 Å². The predicted molar refractivity (Wildman–Crippen MR) is 140 cm³/mol. The summed E-state index contributed by atoms with van der Waals surface area (Å²) in [5.74, 6) is -1.08. The van der Waals surface area contributed by atoms with Gasteiger partial charge in [0.1, 0.15) is 11.6 Å². The third kappa shape index (κ3) is 6.46. The van der Waals surface area contributed by atoms with Crippen molar-refractivity contribution in [3.05, 3.63) is 77.4 Å². The summed E-state index contributed by atoms with van der Waals surface area (Å²) in [5, 5.41) is 29.4. The number of hydrogen-bond acceptors (Lipinski definition) is 5. The van der Waals surface area contributed by atoms with Crippen molar-refractivity contribution in [2.75, 3.05) is 7.05 Å². The minimum absolute atomic E-state index is 0.0746. The molecule has 202 valence electrons. The first-order chi connectivity index (χ1) is 18.2. The first kappa shape index (κ1) is 27.5. The molecule has 1 aromatic heterocycles. The molecule has 0 aliphatic heterocycles. The van der Waals surface area contributed by atoms with Crippen molar-refractivity contribution in [1.82, 2.24) is 14.5 Å². The molecule has 0 radical (unpaired) electrons. The summed E-state index contributed by atoms with van der Waals surface area (Å²) in [7, 11) is 1.75. The van der Waals surface area contributed by atoms with Crippen molar-refractivity contribution in [2.24, 2.45) is 0 Å². The lowest BCUT2D eigenvalue weighted by Crippen LogP contribution is -2.30. The lowest BCUT2D eigenvalue weighted by molar-refractivity contribution is -0.139. The van der Waals surface area contributed by atoms with E-state index in [1.165, 1.54) is 12.1 Å². The maximum Gasteiger partial charge on any atom is 0.305 e. The predicted octanol–water partition coefficient (Wildman–Crippen LogP) is 4.38. The second kappa shape index (κ2) is 11.9. The van der Waals surface area contributed by atoms with Crippen molar-refractivity contribution in [2.45, 2.75) is 69.7 Å². The molecule has 8 nitrogen and oxygen atoms in total. The first-order valence-corrected chi connectivity index (χ1v) is 12.9. The number of benzene rings is 2. The van der Waals surface area contributed by atoms with Crippen molar-refractivity contribution in [3.63, 3.8) is 0 Å². The van der Waals surface area contributed by atoms with Crippen LogP contribution in [0.3, 0.4) is 0 Å². The molecule has 0 spiro atoms. The van der Waals surface area contributed by atoms with E-state index in [0.29, 0.717) is 23.6 Å². The number of aliphatic hydroxyl groups excluding tert-OH is 2. The maximum absolute atomic E-state index is 13.8. The van der Waals surface area contributed by atoms with Crippen molar-refractivity contribution < 1.29 is 29.3 Å². The van der Waals surface area contributed by atoms with Crippen molar-refractivity contribution in [1.29, 1.82) is 0 Å². The Morgan fingerprint density at radius 3 is 2.34 bits per heavy atom. The topological polar surface area (TPSA) is 116 Å². The number of aliphatic hydroxyl groups is 2. The van der Waals surface area contributed by atoms with Crippen molar-refractivity contribution >= 4 is 11.9 Å². The molecule has 38 heavy (non-hydrogen) atoms. The molecular weight excluding hydrogens is 489 g/mol. The number of carbonyl (C=O) groups is 2. The van der Waals surface area contributed by atoms with Gasteiger partial charge in [0.2, 0.25) is 0 Å². The summed E-state index contributed by atoms with van der Waals surface area (Å²) in [6.45, 7) is 2.26. The molecule has 0 bridgehead atoms. The zero-order valence-corrected chi connectivity index (χ0v) is 21.6. The van der Waals surface area contributed by atoms with Gasteiger partial charge in [-0.2, -0.15) is 0 Å². The molecule has 1 saturated carbocycles. The van der Waals surface area contributed by atoms with Gasteiger partial charge in [-0.1, -0.05) is 30.3 Å². The number of hydrogen-bond donors (Lipinski definition) is 3. The highest BCUT2D eigenvalue weighted by atomic mass is 19.1. The van der Waals surface area contributed by atoms with Crippen LogP contribution in [0.2, 0.25) is 0 Å². The summed E-state index contributed by atoms with van der Waals surface area (Å²) in [6.07, 6.45) is -0.574. The van der Waals surface area contributed by atoms with Gasteiger partial charge >= 0.3 is 5.97 Å². The zero-order valence-electron chi connectivity index (χ0n) is 21.6. The van der Waals surface area contributed by atoms with Crippen LogP contribution < -0.4 is 0 Å². The van der Waals surface area contributed by atoms with E-state index in [4.69, 9.17) is 10.1 Å². The lowest BCUT2D eigenvalue weighted by Gasteiger charge is -2.25. The molecular formula is C29H34FN3O5. The van der Waals surface area contributed by atoms with Crippen LogP contribution in [0, 0.1) is 5.82 Å². The molecule has 3 N–H and O–H groups in total. The fourth-order valence-electron chi connectivity index (χ4n) is 4.73. The first-order valence-electron chi connectivity index (χ1n) is 12.9. The Hall–Kier alpha value is -3.56. The SMILES string of the molecule is C[C@H](c1ccccc1)N(C)C(=O)c1nc(-c2ccc(F)cc2)n(CC[C@@H](O)C[C@@H](O)CC(=O)O)c1C1CC1. The van der Waals surface area contributed by atoms with Crippen LogP contribution in [0.15, 0.2) is 54.6 Å². The summed E-state index contributed by atoms with van der Waals surface area (Å²) in [5.41, 5.74) is 2.78. The molecule has 1 fully saturated rings. The van der Waals surface area contributed by atoms with Crippen LogP contribution in [-0.4, -0.2) is 60.9 Å². The van der Waals surface area contributed by atoms with Gasteiger partial charge in [-0.25, -0.2) is 9.37 Å². The second-order valence-corrected chi connectivity index (χ2v) is 10.0. The summed E-state index contributed by atoms with van der Waals surface area (Å²) >= 11 is 0. The van der Waals surface area contributed by atoms with Crippen LogP contribution in [0.4, 0.5) is 4.39 Å². The van der Waals surface area contributed by atoms with E-state index in [1.54, 1.807) is 24.1 Å². The lowest BCUT2D eigenvalue weighted by atomic mass is 10.1. The standard InChI is InChI=1S/C29H34FN3O5/c1-18(19-6-4-3-5-7-19)32(2)29(38)26-27(20-8-9-20)33(15-14-23(34)16-24(35)17-25(36)37)28(31-26)21-10-12-22(30)13-11-21/h3-7,10-13,18,20,23-24,34-35H,8-9,14-17H2,1-2H3,(H,36,37)/t18-,23-,24-/m1/s1. The number of rotatable bonds is 12. The van der Waals surface area contributed by atoms with E-state index in [0.717, 1.165) is 24.1 Å². The molecule has 3 atom stereocenters. The highest BCUT2D eigenvalue weighted by molar-refractivity contribution is 5.94. The Morgan fingerprint density at radius 1 is 1.08 bits per heavy atom. The quantitative estimate of drug-likeness (QED) is 0.325. The van der Waals surface area contributed by atoms with E-state index >= 15 is 0 Å². The number of carbonyl (C=O) groups excluding carboxylic acids is 1. The van der Waals surface area contributed by atoms with Crippen LogP contribution in [-0.2, 0) is 11.3 Å². The van der Waals surface area contributed by atoms with E-state index in [2.05, 4.69) is 0 Å². The number of aliphatic carboxylic acids is 1. The average Bonchev–Trinajstić information content (AvgIpc) is 3.66. The number of carboxylic acid groups (broad SMARTS) is 1. The summed E-state index contributed by atoms with van der Waals surface area (Å²) in [4.78, 5) is 31.1. The normalized spacial score (nSPS) is 15.6. The largest absolute Gasteiger partial charge is 0.481 e. The summed E-state index contributed by atoms with van der Waals surface area (Å²) < 4.78 is 15.6. The number of carboxylic acids is 1. The molecule has 0 unspecified atom stereocenters. The van der Waals surface area contributed by atoms with Gasteiger partial charge < -0.3 is 24.8 Å². The Kier molecular flexibility index (Phi) is 8.58. The second-order valence-electron chi connectivity index (χ2n) is 10.0. The van der Waals surface area contributed by atoms with E-state index in [1.807, 2.05) is 41.8 Å². The number of halogens is 1. The highest BCUT2D eigenvalue weighted by Crippen LogP contribution is 2.44. The van der Waals surface area contributed by atoms with Crippen LogP contribution >= 0.6 is 0 Å². The van der Waals surface area contributed by atoms with Gasteiger partial charge in [0, 0.05) is 25.1 Å². The third-order valence-electron chi connectivity index (χ3n) is 7.10. The maximum atomic E-state index is 13.8. The number of aromatic nitrogens is 2. The molecule has 3 aromatic rings. The van der Waals surface area contributed by atoms with E-state index < -0.39 is 24.6 Å². The molecule has 1 amide bonds. The minimum atomic E-state index is -1.16. The highest BCUT2D eigenvalue weighted by Gasteiger charge is 2.36. The van der Waals surface area contributed by atoms with Crippen LogP contribution in [0.5, 0.6) is 0 Å². The molecule has 4 rings (SSSR count). The van der Waals surface area contributed by atoms with E-state index in [-0.39, 0.29) is 36.5 Å². The van der Waals surface area contributed by atoms with Gasteiger partial charge in [-0.05, 0) is 62.4 Å². The molecule has 9 heteroatoms. The van der Waals surface area contributed by atoms with Gasteiger partial charge in [0.15, 0.2) is 5.69 Å². The zero-order chi connectivity index (χ0) is 27.4. The molecule has 2 aromatic carbocycles. The Labute approximate surface area is 221 Å². The monoisotopic (exact) mass is 523 g/mol. The molecule has 1 aliphatic carbocycles. The molecule has 1 heterocycles. The Bertz CT molecular complexity index is 1260. The number of nitrogens with zero attached hydrogens (tertiary/aromatic N) is 3. The smallest absolute Gasteiger partial charge is 0.305 e. The third-order valence-corrected chi connectivity index (χ3v) is 7.10. The fraction of sp³-hybridized carbons (Fsp3) is 0.414. The summed E-state index contributed by atoms with van der Waals surface area (Å²) in [6, 6.07) is 15.4. The van der Waals surface area contributed by atoms with Gasteiger partial charge in [-0.15, -0.1) is 0 Å². The van der Waals surface area contributed by atoms with Gasteiger partial charge in [-0.3, -0.25) is 9.59 Å². The molecule has 0 saturated heterocycles. The van der Waals surface area contributed by atoms with Crippen molar-refractivity contribution in [3.8, 4) is 11.4 Å². The fourth-order valence-corrected chi connectivity index (χ4v) is 4.73. The Balaban J connectivity index is 1.67.